The van der Waals surface area contributed by atoms with Gasteiger partial charge in [0.25, 0.3) is 0 Å². The van der Waals surface area contributed by atoms with Crippen LogP contribution in [0.2, 0.25) is 0 Å². The molecule has 7 nitrogen and oxygen atoms in total. The minimum atomic E-state index is -1.99. The lowest BCUT2D eigenvalue weighted by atomic mass is 9.41. The minimum Gasteiger partial charge on any atom is -0.393 e. The average Bonchev–Trinajstić information content (AvgIpc) is 2.85. The molecule has 0 bridgehead atoms. The molecule has 4 aliphatic carbocycles. The summed E-state index contributed by atoms with van der Waals surface area (Å²) in [4.78, 5) is 0. The van der Waals surface area contributed by atoms with Crippen molar-refractivity contribution in [2.75, 3.05) is 0 Å². The molecule has 10 atom stereocenters. The van der Waals surface area contributed by atoms with E-state index in [1.165, 1.54) is 13.8 Å². The Kier molecular flexibility index (Phi) is 4.28. The van der Waals surface area contributed by atoms with Crippen LogP contribution in [0.4, 0.5) is 0 Å². The number of hydrogen-bond donors (Lipinski definition) is 7. The van der Waals surface area contributed by atoms with Crippen LogP contribution in [0, 0.1) is 16.7 Å². The molecule has 0 aromatic heterocycles. The van der Waals surface area contributed by atoms with Crippen molar-refractivity contribution in [1.82, 2.24) is 0 Å². The van der Waals surface area contributed by atoms with Gasteiger partial charge < -0.3 is 35.7 Å². The Morgan fingerprint density at radius 3 is 2.29 bits per heavy atom. The minimum absolute atomic E-state index is 0.00246. The molecule has 7 heteroatoms. The van der Waals surface area contributed by atoms with E-state index < -0.39 is 58.0 Å². The van der Waals surface area contributed by atoms with Crippen LogP contribution in [0.5, 0.6) is 0 Å². The SMILES string of the molecule is C[C@H](O)[C@]1(O)CC[C@]2(O)[C@]3(O)[C@H](O)C=C4C[C@@H](O)CC[C@]4(C)[C@@H]3C[C@@H](O)[C@@]21C. The van der Waals surface area contributed by atoms with Gasteiger partial charge in [0.15, 0.2) is 0 Å². The molecule has 28 heavy (non-hydrogen) atoms. The van der Waals surface area contributed by atoms with E-state index in [0.717, 1.165) is 5.57 Å². The molecule has 7 N–H and O–H groups in total. The van der Waals surface area contributed by atoms with E-state index in [9.17, 15) is 35.7 Å². The first-order valence-corrected chi connectivity index (χ1v) is 10.4. The molecule has 0 aliphatic heterocycles. The highest BCUT2D eigenvalue weighted by Gasteiger charge is 2.81. The highest BCUT2D eigenvalue weighted by Crippen LogP contribution is 2.70. The van der Waals surface area contributed by atoms with E-state index in [1.54, 1.807) is 6.08 Å². The van der Waals surface area contributed by atoms with Crippen LogP contribution >= 0.6 is 0 Å². The van der Waals surface area contributed by atoms with Gasteiger partial charge in [-0.15, -0.1) is 0 Å². The molecule has 3 fully saturated rings. The Bertz CT molecular complexity index is 709. The molecule has 0 spiro atoms. The largest absolute Gasteiger partial charge is 0.393 e. The van der Waals surface area contributed by atoms with Crippen molar-refractivity contribution in [3.63, 3.8) is 0 Å². The Labute approximate surface area is 165 Å². The van der Waals surface area contributed by atoms with E-state index in [1.807, 2.05) is 6.92 Å². The van der Waals surface area contributed by atoms with Gasteiger partial charge in [0.05, 0.1) is 23.7 Å². The summed E-state index contributed by atoms with van der Waals surface area (Å²) in [6, 6.07) is 0. The van der Waals surface area contributed by atoms with Gasteiger partial charge in [-0.3, -0.25) is 0 Å². The Hall–Kier alpha value is -0.540. The summed E-state index contributed by atoms with van der Waals surface area (Å²) in [6.45, 7) is 4.88. The molecule has 0 unspecified atom stereocenters. The van der Waals surface area contributed by atoms with Crippen LogP contribution < -0.4 is 0 Å². The van der Waals surface area contributed by atoms with Crippen molar-refractivity contribution in [2.45, 2.75) is 101 Å². The van der Waals surface area contributed by atoms with E-state index in [-0.39, 0.29) is 19.3 Å². The van der Waals surface area contributed by atoms with Crippen LogP contribution in [0.15, 0.2) is 11.6 Å². The van der Waals surface area contributed by atoms with E-state index in [2.05, 4.69) is 0 Å². The van der Waals surface area contributed by atoms with Crippen molar-refractivity contribution in [2.24, 2.45) is 16.7 Å². The number of aliphatic hydroxyl groups is 7. The number of aliphatic hydroxyl groups excluding tert-OH is 4. The zero-order valence-electron chi connectivity index (χ0n) is 16.8. The van der Waals surface area contributed by atoms with Crippen LogP contribution in [0.1, 0.15) is 59.3 Å². The smallest absolute Gasteiger partial charge is 0.127 e. The summed E-state index contributed by atoms with van der Waals surface area (Å²) >= 11 is 0. The Morgan fingerprint density at radius 2 is 1.68 bits per heavy atom. The standard InChI is InChI=1S/C21H34O7/c1-11(22)19(26)6-7-20(27)18(19,3)15(24)10-14-17(2)5-4-13(23)8-12(17)9-16(25)21(14,20)28/h9,11,13-16,22-28H,4-8,10H2,1-3H3/t11-,13-,14-,15+,16+,17-,18+,19+,20+,21+/m0/s1. The van der Waals surface area contributed by atoms with Crippen LogP contribution in [-0.2, 0) is 0 Å². The molecular formula is C21H34O7. The molecule has 0 saturated heterocycles. The number of fused-ring (bicyclic) bond motifs is 5. The number of hydrogen-bond acceptors (Lipinski definition) is 7. The molecule has 0 aromatic carbocycles. The highest BCUT2D eigenvalue weighted by atomic mass is 16.4. The maximum Gasteiger partial charge on any atom is 0.127 e. The van der Waals surface area contributed by atoms with Crippen molar-refractivity contribution >= 4 is 0 Å². The predicted octanol–water partition coefficient (Wildman–Crippen LogP) is -0.407. The van der Waals surface area contributed by atoms with Crippen molar-refractivity contribution < 1.29 is 35.7 Å². The highest BCUT2D eigenvalue weighted by molar-refractivity contribution is 5.38. The maximum absolute atomic E-state index is 11.9. The zero-order chi connectivity index (χ0) is 20.9. The summed E-state index contributed by atoms with van der Waals surface area (Å²) in [5.41, 5.74) is -7.13. The summed E-state index contributed by atoms with van der Waals surface area (Å²) in [5, 5.41) is 77.7. The van der Waals surface area contributed by atoms with Crippen molar-refractivity contribution in [1.29, 1.82) is 0 Å². The van der Waals surface area contributed by atoms with Gasteiger partial charge in [0.1, 0.15) is 22.9 Å². The molecule has 0 heterocycles. The second kappa shape index (κ2) is 5.78. The molecule has 4 aliphatic rings. The molecule has 0 aromatic rings. The van der Waals surface area contributed by atoms with E-state index in [4.69, 9.17) is 0 Å². The fourth-order valence-corrected chi connectivity index (χ4v) is 7.39. The summed E-state index contributed by atoms with van der Waals surface area (Å²) in [5.74, 6) is -0.646. The topological polar surface area (TPSA) is 142 Å². The monoisotopic (exact) mass is 398 g/mol. The lowest BCUT2D eigenvalue weighted by Crippen LogP contribution is -2.81. The van der Waals surface area contributed by atoms with Crippen LogP contribution in [-0.4, -0.2) is 77.0 Å². The van der Waals surface area contributed by atoms with Gasteiger partial charge in [-0.1, -0.05) is 25.5 Å². The van der Waals surface area contributed by atoms with Crippen LogP contribution in [0.25, 0.3) is 0 Å². The summed E-state index contributed by atoms with van der Waals surface area (Å²) < 4.78 is 0. The molecule has 0 amide bonds. The van der Waals surface area contributed by atoms with Crippen molar-refractivity contribution in [3.05, 3.63) is 11.6 Å². The van der Waals surface area contributed by atoms with Gasteiger partial charge in [0, 0.05) is 5.92 Å². The van der Waals surface area contributed by atoms with Gasteiger partial charge >= 0.3 is 0 Å². The van der Waals surface area contributed by atoms with Gasteiger partial charge in [-0.2, -0.15) is 0 Å². The predicted molar refractivity (Wildman–Crippen MR) is 100 cm³/mol. The second-order valence-corrected chi connectivity index (χ2v) is 10.2. The normalized spacial score (nSPS) is 59.7. The summed E-state index contributed by atoms with van der Waals surface area (Å²) in [6.07, 6.45) is -1.24. The summed E-state index contributed by atoms with van der Waals surface area (Å²) in [7, 11) is 0. The van der Waals surface area contributed by atoms with Gasteiger partial charge in [-0.25, -0.2) is 0 Å². The lowest BCUT2D eigenvalue weighted by molar-refractivity contribution is -0.342. The molecule has 3 saturated carbocycles. The quantitative estimate of drug-likeness (QED) is 0.298. The average molecular weight is 398 g/mol. The third-order valence-electron chi connectivity index (χ3n) is 9.40. The van der Waals surface area contributed by atoms with E-state index in [0.29, 0.717) is 19.3 Å². The van der Waals surface area contributed by atoms with Gasteiger partial charge in [-0.05, 0) is 50.9 Å². The van der Waals surface area contributed by atoms with E-state index >= 15 is 0 Å². The first-order chi connectivity index (χ1) is 12.8. The lowest BCUT2D eigenvalue weighted by Gasteiger charge is -2.68. The third-order valence-corrected chi connectivity index (χ3v) is 9.40. The first-order valence-electron chi connectivity index (χ1n) is 10.4. The van der Waals surface area contributed by atoms with Gasteiger partial charge in [0.2, 0.25) is 0 Å². The molecule has 0 radical (unpaired) electrons. The third kappa shape index (κ3) is 1.99. The van der Waals surface area contributed by atoms with Crippen LogP contribution in [0.3, 0.4) is 0 Å². The fourth-order valence-electron chi connectivity index (χ4n) is 7.39. The number of rotatable bonds is 1. The first kappa shape index (κ1) is 20.7. The molecule has 160 valence electrons. The Morgan fingerprint density at radius 1 is 1.04 bits per heavy atom. The molecular weight excluding hydrogens is 364 g/mol. The Balaban J connectivity index is 1.91. The van der Waals surface area contributed by atoms with Crippen molar-refractivity contribution in [3.8, 4) is 0 Å². The second-order valence-electron chi connectivity index (χ2n) is 10.2. The maximum atomic E-state index is 11.9. The molecule has 4 rings (SSSR count). The zero-order valence-corrected chi connectivity index (χ0v) is 16.8. The fraction of sp³-hybridized carbons (Fsp3) is 0.905.